The Morgan fingerprint density at radius 1 is 1.59 bits per heavy atom. The molecule has 1 aliphatic rings. The van der Waals surface area contributed by atoms with E-state index in [-0.39, 0.29) is 18.1 Å². The van der Waals surface area contributed by atoms with Crippen LogP contribution in [0, 0.1) is 11.3 Å². The molecule has 0 spiro atoms. The Hall–Kier alpha value is -2.16. The van der Waals surface area contributed by atoms with Crippen LogP contribution < -0.4 is 10.2 Å². The highest BCUT2D eigenvalue weighted by atomic mass is 16.2. The van der Waals surface area contributed by atoms with Gasteiger partial charge in [-0.1, -0.05) is 0 Å². The number of nitrogens with one attached hydrogen (secondary N) is 1. The molecule has 0 radical (unpaired) electrons. The van der Waals surface area contributed by atoms with Gasteiger partial charge in [0.15, 0.2) is 5.69 Å². The lowest BCUT2D eigenvalue weighted by Gasteiger charge is -2.16. The fourth-order valence-corrected chi connectivity index (χ4v) is 1.37. The van der Waals surface area contributed by atoms with Crippen LogP contribution in [-0.4, -0.2) is 35.5 Å². The van der Waals surface area contributed by atoms with E-state index in [0.717, 1.165) is 12.8 Å². The number of nitriles is 1. The minimum atomic E-state index is -0.0128. The van der Waals surface area contributed by atoms with Gasteiger partial charge in [0.2, 0.25) is 5.91 Å². The van der Waals surface area contributed by atoms with E-state index in [1.54, 1.807) is 11.9 Å². The number of amides is 1. The largest absolute Gasteiger partial charge is 0.352 e. The summed E-state index contributed by atoms with van der Waals surface area (Å²) in [7, 11) is 1.77. The zero-order valence-electron chi connectivity index (χ0n) is 9.55. The lowest BCUT2D eigenvalue weighted by molar-refractivity contribution is -0.119. The maximum Gasteiger partial charge on any atom is 0.239 e. The summed E-state index contributed by atoms with van der Waals surface area (Å²) < 4.78 is 0. The van der Waals surface area contributed by atoms with E-state index in [0.29, 0.717) is 11.9 Å². The van der Waals surface area contributed by atoms with Gasteiger partial charge in [-0.25, -0.2) is 9.97 Å². The van der Waals surface area contributed by atoms with Crippen molar-refractivity contribution >= 4 is 11.7 Å². The standard InChI is InChI=1S/C11H13N5O/c1-16(7-11(17)15-8-2-3-8)10-6-13-9(4-12)5-14-10/h5-6,8H,2-3,7H2,1H3,(H,15,17). The highest BCUT2D eigenvalue weighted by Crippen LogP contribution is 2.18. The molecule has 1 heterocycles. The predicted molar refractivity (Wildman–Crippen MR) is 61.2 cm³/mol. The van der Waals surface area contributed by atoms with E-state index >= 15 is 0 Å². The zero-order chi connectivity index (χ0) is 12.3. The Bertz CT molecular complexity index is 446. The van der Waals surface area contributed by atoms with Crippen molar-refractivity contribution in [1.29, 1.82) is 5.26 Å². The van der Waals surface area contributed by atoms with E-state index in [2.05, 4.69) is 15.3 Å². The normalized spacial score (nSPS) is 13.9. The number of carbonyl (C=O) groups is 1. The molecule has 1 saturated carbocycles. The number of aromatic nitrogens is 2. The highest BCUT2D eigenvalue weighted by Gasteiger charge is 2.23. The monoisotopic (exact) mass is 231 g/mol. The summed E-state index contributed by atoms with van der Waals surface area (Å²) in [5.74, 6) is 0.566. The zero-order valence-corrected chi connectivity index (χ0v) is 9.55. The number of carbonyl (C=O) groups excluding carboxylic acids is 1. The summed E-state index contributed by atoms with van der Waals surface area (Å²) in [5.41, 5.74) is 0.268. The van der Waals surface area contributed by atoms with Gasteiger partial charge in [0.05, 0.1) is 18.9 Å². The molecular weight excluding hydrogens is 218 g/mol. The van der Waals surface area contributed by atoms with Crippen LogP contribution >= 0.6 is 0 Å². The molecule has 1 aromatic heterocycles. The molecule has 88 valence electrons. The second kappa shape index (κ2) is 4.78. The van der Waals surface area contributed by atoms with Crippen molar-refractivity contribution < 1.29 is 4.79 Å². The molecule has 1 fully saturated rings. The van der Waals surface area contributed by atoms with E-state index < -0.39 is 0 Å². The molecule has 0 bridgehead atoms. The topological polar surface area (TPSA) is 81.9 Å². The molecule has 17 heavy (non-hydrogen) atoms. The van der Waals surface area contributed by atoms with Crippen LogP contribution in [0.4, 0.5) is 5.82 Å². The smallest absolute Gasteiger partial charge is 0.239 e. The molecular formula is C11H13N5O. The first-order chi connectivity index (χ1) is 8.19. The molecule has 0 aromatic carbocycles. The average Bonchev–Trinajstić information content (AvgIpc) is 3.12. The maximum atomic E-state index is 11.5. The van der Waals surface area contributed by atoms with Crippen molar-refractivity contribution in [2.45, 2.75) is 18.9 Å². The lowest BCUT2D eigenvalue weighted by Crippen LogP contribution is -2.36. The van der Waals surface area contributed by atoms with Crippen LogP contribution in [0.2, 0.25) is 0 Å². The summed E-state index contributed by atoms with van der Waals surface area (Å²) >= 11 is 0. The molecule has 0 unspecified atom stereocenters. The number of rotatable bonds is 4. The van der Waals surface area contributed by atoms with Gasteiger partial charge in [-0.3, -0.25) is 4.79 Å². The second-order valence-corrected chi connectivity index (χ2v) is 4.07. The van der Waals surface area contributed by atoms with Crippen molar-refractivity contribution in [1.82, 2.24) is 15.3 Å². The van der Waals surface area contributed by atoms with Gasteiger partial charge in [-0.05, 0) is 12.8 Å². The SMILES string of the molecule is CN(CC(=O)NC1CC1)c1cnc(C#N)cn1. The number of anilines is 1. The lowest BCUT2D eigenvalue weighted by atomic mass is 10.4. The Morgan fingerprint density at radius 3 is 2.88 bits per heavy atom. The first-order valence-electron chi connectivity index (χ1n) is 5.41. The van der Waals surface area contributed by atoms with Gasteiger partial charge >= 0.3 is 0 Å². The molecule has 1 aromatic rings. The number of hydrogen-bond acceptors (Lipinski definition) is 5. The quantitative estimate of drug-likeness (QED) is 0.792. The Kier molecular flexibility index (Phi) is 3.19. The molecule has 6 nitrogen and oxygen atoms in total. The molecule has 0 atom stereocenters. The van der Waals surface area contributed by atoms with Crippen LogP contribution in [0.15, 0.2) is 12.4 Å². The number of likely N-dealkylation sites (N-methyl/N-ethyl adjacent to an activating group) is 1. The highest BCUT2D eigenvalue weighted by molar-refractivity contribution is 5.81. The molecule has 1 aliphatic carbocycles. The second-order valence-electron chi connectivity index (χ2n) is 4.07. The molecule has 2 rings (SSSR count). The molecule has 0 saturated heterocycles. The van der Waals surface area contributed by atoms with Gasteiger partial charge in [0.25, 0.3) is 0 Å². The van der Waals surface area contributed by atoms with Crippen molar-refractivity contribution in [3.63, 3.8) is 0 Å². The van der Waals surface area contributed by atoms with E-state index in [4.69, 9.17) is 5.26 Å². The third-order valence-corrected chi connectivity index (χ3v) is 2.47. The third kappa shape index (κ3) is 3.14. The summed E-state index contributed by atoms with van der Waals surface area (Å²) in [5, 5.41) is 11.5. The Balaban J connectivity index is 1.91. The fourth-order valence-electron chi connectivity index (χ4n) is 1.37. The third-order valence-electron chi connectivity index (χ3n) is 2.47. The fraction of sp³-hybridized carbons (Fsp3) is 0.455. The first-order valence-corrected chi connectivity index (χ1v) is 5.41. The van der Waals surface area contributed by atoms with Gasteiger partial charge in [0, 0.05) is 13.1 Å². The van der Waals surface area contributed by atoms with Gasteiger partial charge in [-0.15, -0.1) is 0 Å². The summed E-state index contributed by atoms with van der Waals surface area (Å²) in [4.78, 5) is 21.2. The molecule has 1 N–H and O–H groups in total. The molecule has 0 aliphatic heterocycles. The first kappa shape index (κ1) is 11.3. The van der Waals surface area contributed by atoms with Crippen molar-refractivity contribution in [3.05, 3.63) is 18.1 Å². The van der Waals surface area contributed by atoms with E-state index in [9.17, 15) is 4.79 Å². The van der Waals surface area contributed by atoms with Crippen molar-refractivity contribution in [2.24, 2.45) is 0 Å². The Labute approximate surface area is 99.3 Å². The van der Waals surface area contributed by atoms with Gasteiger partial charge in [-0.2, -0.15) is 5.26 Å². The van der Waals surface area contributed by atoms with E-state index in [1.807, 2.05) is 6.07 Å². The van der Waals surface area contributed by atoms with Crippen LogP contribution in [0.25, 0.3) is 0 Å². The predicted octanol–water partition coefficient (Wildman–Crippen LogP) is 0.0631. The molecule has 6 heteroatoms. The van der Waals surface area contributed by atoms with Crippen LogP contribution in [0.5, 0.6) is 0 Å². The van der Waals surface area contributed by atoms with Crippen LogP contribution in [0.1, 0.15) is 18.5 Å². The average molecular weight is 231 g/mol. The van der Waals surface area contributed by atoms with Crippen LogP contribution in [-0.2, 0) is 4.79 Å². The molecule has 1 amide bonds. The van der Waals surface area contributed by atoms with Gasteiger partial charge < -0.3 is 10.2 Å². The number of nitrogens with zero attached hydrogens (tertiary/aromatic N) is 4. The van der Waals surface area contributed by atoms with Crippen molar-refractivity contribution in [3.8, 4) is 6.07 Å². The summed E-state index contributed by atoms with van der Waals surface area (Å²) in [6.45, 7) is 0.247. The van der Waals surface area contributed by atoms with Gasteiger partial charge in [0.1, 0.15) is 11.9 Å². The van der Waals surface area contributed by atoms with Crippen molar-refractivity contribution in [2.75, 3.05) is 18.5 Å². The Morgan fingerprint density at radius 2 is 2.35 bits per heavy atom. The number of hydrogen-bond donors (Lipinski definition) is 1. The van der Waals surface area contributed by atoms with Crippen LogP contribution in [0.3, 0.4) is 0 Å². The summed E-state index contributed by atoms with van der Waals surface area (Å²) in [6, 6.07) is 2.26. The summed E-state index contributed by atoms with van der Waals surface area (Å²) in [6.07, 6.45) is 5.03. The minimum Gasteiger partial charge on any atom is -0.352 e. The minimum absolute atomic E-state index is 0.0128. The van der Waals surface area contributed by atoms with E-state index in [1.165, 1.54) is 12.4 Å². The maximum absolute atomic E-state index is 11.5.